The maximum Gasteiger partial charge on any atom is 0.393 e. The molecular weight excluding hydrogens is 203 g/mol. The van der Waals surface area contributed by atoms with E-state index in [-0.39, 0.29) is 10.6 Å². The van der Waals surface area contributed by atoms with Gasteiger partial charge >= 0.3 is 6.18 Å². The predicted octanol–water partition coefficient (Wildman–Crippen LogP) is 3.15. The van der Waals surface area contributed by atoms with Crippen LogP contribution in [0.3, 0.4) is 0 Å². The van der Waals surface area contributed by atoms with Gasteiger partial charge in [0.15, 0.2) is 0 Å². The number of halogens is 4. The zero-order valence-corrected chi connectivity index (χ0v) is 7.58. The Morgan fingerprint density at radius 2 is 2.08 bits per heavy atom. The van der Waals surface area contributed by atoms with E-state index in [0.717, 1.165) is 6.20 Å². The van der Waals surface area contributed by atoms with Gasteiger partial charge in [0.25, 0.3) is 0 Å². The van der Waals surface area contributed by atoms with E-state index in [1.165, 1.54) is 6.07 Å². The molecule has 1 aromatic heterocycles. The second kappa shape index (κ2) is 3.54. The SMILES string of the molecule is Cc1cc(Cl)c(CC(F)(F)F)cn1. The van der Waals surface area contributed by atoms with Crippen LogP contribution in [0.2, 0.25) is 5.02 Å². The molecule has 0 fully saturated rings. The minimum Gasteiger partial charge on any atom is -0.261 e. The number of hydrogen-bond donors (Lipinski definition) is 0. The number of aryl methyl sites for hydroxylation is 1. The van der Waals surface area contributed by atoms with Gasteiger partial charge in [-0.05, 0) is 18.6 Å². The van der Waals surface area contributed by atoms with Gasteiger partial charge in [-0.1, -0.05) is 11.6 Å². The van der Waals surface area contributed by atoms with Crippen LogP contribution < -0.4 is 0 Å². The van der Waals surface area contributed by atoms with Crippen molar-refractivity contribution in [2.24, 2.45) is 0 Å². The van der Waals surface area contributed by atoms with Crippen molar-refractivity contribution in [2.75, 3.05) is 0 Å². The average molecular weight is 210 g/mol. The monoisotopic (exact) mass is 209 g/mol. The molecular formula is C8H7ClF3N. The molecule has 0 aliphatic rings. The van der Waals surface area contributed by atoms with Crippen LogP contribution in [0.25, 0.3) is 0 Å². The minimum atomic E-state index is -4.24. The maximum atomic E-state index is 11.9. The summed E-state index contributed by atoms with van der Waals surface area (Å²) in [5.74, 6) is 0. The Labute approximate surface area is 78.5 Å². The van der Waals surface area contributed by atoms with Gasteiger partial charge < -0.3 is 0 Å². The van der Waals surface area contributed by atoms with E-state index in [1.807, 2.05) is 0 Å². The van der Waals surface area contributed by atoms with Crippen molar-refractivity contribution in [3.63, 3.8) is 0 Å². The average Bonchev–Trinajstić information content (AvgIpc) is 1.93. The van der Waals surface area contributed by atoms with Crippen molar-refractivity contribution in [3.05, 3.63) is 28.5 Å². The first-order valence-corrected chi connectivity index (χ1v) is 3.94. The van der Waals surface area contributed by atoms with Crippen LogP contribution in [-0.2, 0) is 6.42 Å². The molecule has 0 spiro atoms. The lowest BCUT2D eigenvalue weighted by atomic mass is 10.2. The molecule has 5 heteroatoms. The fourth-order valence-electron chi connectivity index (χ4n) is 0.901. The molecule has 0 saturated carbocycles. The highest BCUT2D eigenvalue weighted by molar-refractivity contribution is 6.31. The van der Waals surface area contributed by atoms with Crippen LogP contribution in [0.1, 0.15) is 11.3 Å². The van der Waals surface area contributed by atoms with Crippen molar-refractivity contribution < 1.29 is 13.2 Å². The molecule has 0 aromatic carbocycles. The topological polar surface area (TPSA) is 12.9 Å². The lowest BCUT2D eigenvalue weighted by Gasteiger charge is -2.07. The molecule has 0 unspecified atom stereocenters. The number of aromatic nitrogens is 1. The summed E-state index contributed by atoms with van der Waals surface area (Å²) in [5.41, 5.74) is 0.621. The highest BCUT2D eigenvalue weighted by atomic mass is 35.5. The zero-order chi connectivity index (χ0) is 10.1. The summed E-state index contributed by atoms with van der Waals surface area (Å²) in [7, 11) is 0. The molecule has 0 aliphatic heterocycles. The first-order chi connectivity index (χ1) is 5.88. The van der Waals surface area contributed by atoms with E-state index >= 15 is 0 Å². The first-order valence-electron chi connectivity index (χ1n) is 3.56. The zero-order valence-electron chi connectivity index (χ0n) is 6.82. The fourth-order valence-corrected chi connectivity index (χ4v) is 1.17. The van der Waals surface area contributed by atoms with Crippen LogP contribution in [0.4, 0.5) is 13.2 Å². The largest absolute Gasteiger partial charge is 0.393 e. The highest BCUT2D eigenvalue weighted by Gasteiger charge is 2.28. The quantitative estimate of drug-likeness (QED) is 0.693. The van der Waals surface area contributed by atoms with E-state index in [0.29, 0.717) is 5.69 Å². The third kappa shape index (κ3) is 3.22. The summed E-state index contributed by atoms with van der Waals surface area (Å²) in [6.07, 6.45) is -4.11. The van der Waals surface area contributed by atoms with Gasteiger partial charge in [-0.25, -0.2) is 0 Å². The summed E-state index contributed by atoms with van der Waals surface area (Å²) in [4.78, 5) is 3.74. The fraction of sp³-hybridized carbons (Fsp3) is 0.375. The van der Waals surface area contributed by atoms with Crippen LogP contribution in [0, 0.1) is 6.92 Å². The molecule has 13 heavy (non-hydrogen) atoms. The Balaban J connectivity index is 2.90. The molecule has 0 N–H and O–H groups in total. The van der Waals surface area contributed by atoms with Crippen LogP contribution in [0.15, 0.2) is 12.3 Å². The van der Waals surface area contributed by atoms with Crippen molar-refractivity contribution in [1.82, 2.24) is 4.98 Å². The van der Waals surface area contributed by atoms with Gasteiger partial charge in [-0.2, -0.15) is 13.2 Å². The minimum absolute atomic E-state index is 0.0137. The maximum absolute atomic E-state index is 11.9. The molecule has 1 rings (SSSR count). The van der Waals surface area contributed by atoms with Gasteiger partial charge in [0.2, 0.25) is 0 Å². The normalized spacial score (nSPS) is 11.8. The lowest BCUT2D eigenvalue weighted by Crippen LogP contribution is -2.12. The summed E-state index contributed by atoms with van der Waals surface area (Å²) in [5, 5.41) is 0.116. The Bertz CT molecular complexity index is 309. The van der Waals surface area contributed by atoms with E-state index in [2.05, 4.69) is 4.98 Å². The number of rotatable bonds is 1. The molecule has 72 valence electrons. The standard InChI is InChI=1S/C8H7ClF3N/c1-5-2-7(9)6(4-13-5)3-8(10,11)12/h2,4H,3H2,1H3. The molecule has 0 radical (unpaired) electrons. The first kappa shape index (κ1) is 10.3. The number of nitrogens with zero attached hydrogens (tertiary/aromatic N) is 1. The summed E-state index contributed by atoms with van der Waals surface area (Å²) < 4.78 is 35.8. The lowest BCUT2D eigenvalue weighted by molar-refractivity contribution is -0.127. The Hall–Kier alpha value is -0.770. The van der Waals surface area contributed by atoms with Gasteiger partial charge in [0.05, 0.1) is 6.42 Å². The molecule has 0 amide bonds. The molecule has 0 atom stereocenters. The summed E-state index contributed by atoms with van der Waals surface area (Å²) in [6, 6.07) is 1.42. The van der Waals surface area contributed by atoms with Crippen LogP contribution >= 0.6 is 11.6 Å². The Kier molecular flexibility index (Phi) is 2.81. The summed E-state index contributed by atoms with van der Waals surface area (Å²) in [6.45, 7) is 1.67. The second-order valence-corrected chi connectivity index (χ2v) is 3.12. The summed E-state index contributed by atoms with van der Waals surface area (Å²) >= 11 is 5.60. The molecule has 0 aliphatic carbocycles. The van der Waals surface area contributed by atoms with Gasteiger partial charge in [0.1, 0.15) is 0 Å². The van der Waals surface area contributed by atoms with E-state index in [1.54, 1.807) is 6.92 Å². The second-order valence-electron chi connectivity index (χ2n) is 2.71. The van der Waals surface area contributed by atoms with E-state index in [4.69, 9.17) is 11.6 Å². The van der Waals surface area contributed by atoms with Gasteiger partial charge in [-0.3, -0.25) is 4.98 Å². The number of alkyl halides is 3. The van der Waals surface area contributed by atoms with Gasteiger partial charge in [-0.15, -0.1) is 0 Å². The van der Waals surface area contributed by atoms with Crippen molar-refractivity contribution in [3.8, 4) is 0 Å². The molecule has 0 saturated heterocycles. The van der Waals surface area contributed by atoms with Gasteiger partial charge in [0, 0.05) is 16.9 Å². The molecule has 1 nitrogen and oxygen atoms in total. The number of pyridine rings is 1. The predicted molar refractivity (Wildman–Crippen MR) is 43.7 cm³/mol. The van der Waals surface area contributed by atoms with Crippen molar-refractivity contribution in [2.45, 2.75) is 19.5 Å². The van der Waals surface area contributed by atoms with E-state index in [9.17, 15) is 13.2 Å². The van der Waals surface area contributed by atoms with Crippen LogP contribution in [0.5, 0.6) is 0 Å². The van der Waals surface area contributed by atoms with Crippen molar-refractivity contribution in [1.29, 1.82) is 0 Å². The van der Waals surface area contributed by atoms with Crippen molar-refractivity contribution >= 4 is 11.6 Å². The Morgan fingerprint density at radius 3 is 2.54 bits per heavy atom. The Morgan fingerprint density at radius 1 is 1.46 bits per heavy atom. The number of hydrogen-bond acceptors (Lipinski definition) is 1. The third-order valence-corrected chi connectivity index (χ3v) is 1.81. The molecule has 0 bridgehead atoms. The molecule has 1 aromatic rings. The highest BCUT2D eigenvalue weighted by Crippen LogP contribution is 2.25. The third-order valence-electron chi connectivity index (χ3n) is 1.46. The van der Waals surface area contributed by atoms with Crippen LogP contribution in [-0.4, -0.2) is 11.2 Å². The van der Waals surface area contributed by atoms with E-state index < -0.39 is 12.6 Å². The molecule has 1 heterocycles. The smallest absolute Gasteiger partial charge is 0.261 e.